The topological polar surface area (TPSA) is 50.2 Å². The van der Waals surface area contributed by atoms with Crippen LogP contribution in [0.15, 0.2) is 34.1 Å². The van der Waals surface area contributed by atoms with Gasteiger partial charge in [0.1, 0.15) is 0 Å². The van der Waals surface area contributed by atoms with Crippen LogP contribution in [0, 0.1) is 0 Å². The maximum Gasteiger partial charge on any atom is 0.168 e. The third-order valence-corrected chi connectivity index (χ3v) is 2.47. The lowest BCUT2D eigenvalue weighted by Gasteiger charge is -1.96. The summed E-state index contributed by atoms with van der Waals surface area (Å²) < 4.78 is 0. The zero-order valence-electron chi connectivity index (χ0n) is 7.59. The fourth-order valence-corrected chi connectivity index (χ4v) is 1.61. The highest BCUT2D eigenvalue weighted by Crippen LogP contribution is 2.06. The van der Waals surface area contributed by atoms with Crippen molar-refractivity contribution < 1.29 is 0 Å². The van der Waals surface area contributed by atoms with E-state index in [-0.39, 0.29) is 0 Å². The summed E-state index contributed by atoms with van der Waals surface area (Å²) in [5, 5.41) is 15.8. The third kappa shape index (κ3) is 3.00. The minimum absolute atomic E-state index is 0.363. The molecule has 2 rings (SSSR count). The molecule has 0 fully saturated rings. The predicted molar refractivity (Wildman–Crippen MR) is 62.6 cm³/mol. The molecule has 0 aliphatic heterocycles. The Kier molecular flexibility index (Phi) is 3.26. The SMILES string of the molecule is Clc1ccc(N/N=C\c2ccsc2)nn1. The van der Waals surface area contributed by atoms with Gasteiger partial charge in [0.25, 0.3) is 0 Å². The minimum Gasteiger partial charge on any atom is -0.260 e. The van der Waals surface area contributed by atoms with Crippen LogP contribution in [0.4, 0.5) is 5.82 Å². The first-order valence-electron chi connectivity index (χ1n) is 4.15. The number of rotatable bonds is 3. The van der Waals surface area contributed by atoms with Crippen LogP contribution in [-0.2, 0) is 0 Å². The van der Waals surface area contributed by atoms with Gasteiger partial charge in [0.05, 0.1) is 6.21 Å². The van der Waals surface area contributed by atoms with E-state index in [2.05, 4.69) is 20.7 Å². The van der Waals surface area contributed by atoms with Crippen molar-refractivity contribution in [3.8, 4) is 0 Å². The zero-order valence-corrected chi connectivity index (χ0v) is 9.16. The number of hydrogen-bond acceptors (Lipinski definition) is 5. The number of aromatic nitrogens is 2. The minimum atomic E-state index is 0.363. The van der Waals surface area contributed by atoms with Gasteiger partial charge in [-0.1, -0.05) is 11.6 Å². The van der Waals surface area contributed by atoms with Crippen LogP contribution >= 0.6 is 22.9 Å². The highest BCUT2D eigenvalue weighted by atomic mass is 35.5. The van der Waals surface area contributed by atoms with E-state index >= 15 is 0 Å². The number of thiophene rings is 1. The molecule has 2 heterocycles. The average Bonchev–Trinajstić information content (AvgIpc) is 2.74. The van der Waals surface area contributed by atoms with E-state index in [0.717, 1.165) is 5.56 Å². The number of nitrogens with zero attached hydrogens (tertiary/aromatic N) is 3. The first-order valence-corrected chi connectivity index (χ1v) is 5.47. The summed E-state index contributed by atoms with van der Waals surface area (Å²) in [5.41, 5.74) is 3.80. The highest BCUT2D eigenvalue weighted by molar-refractivity contribution is 7.08. The van der Waals surface area contributed by atoms with Crippen molar-refractivity contribution in [2.75, 3.05) is 5.43 Å². The smallest absolute Gasteiger partial charge is 0.168 e. The zero-order chi connectivity index (χ0) is 10.5. The Morgan fingerprint density at radius 2 is 2.27 bits per heavy atom. The molecule has 2 aromatic rings. The Hall–Kier alpha value is -1.46. The summed E-state index contributed by atoms with van der Waals surface area (Å²) in [7, 11) is 0. The summed E-state index contributed by atoms with van der Waals surface area (Å²) in [6.45, 7) is 0. The quantitative estimate of drug-likeness (QED) is 0.661. The van der Waals surface area contributed by atoms with E-state index in [0.29, 0.717) is 11.0 Å². The maximum atomic E-state index is 5.59. The van der Waals surface area contributed by atoms with Crippen molar-refractivity contribution in [2.45, 2.75) is 0 Å². The lowest BCUT2D eigenvalue weighted by atomic mass is 10.4. The number of hydrazone groups is 1. The third-order valence-electron chi connectivity index (χ3n) is 1.57. The Morgan fingerprint density at radius 3 is 2.93 bits per heavy atom. The molecule has 15 heavy (non-hydrogen) atoms. The number of nitrogens with one attached hydrogen (secondary N) is 1. The van der Waals surface area contributed by atoms with Gasteiger partial charge in [-0.25, -0.2) is 0 Å². The van der Waals surface area contributed by atoms with Gasteiger partial charge in [-0.3, -0.25) is 5.43 Å². The van der Waals surface area contributed by atoms with Crippen molar-refractivity contribution in [3.05, 3.63) is 39.7 Å². The standard InChI is InChI=1S/C9H7ClN4S/c10-8-1-2-9(14-12-8)13-11-5-7-3-4-15-6-7/h1-6H,(H,13,14)/b11-5-. The van der Waals surface area contributed by atoms with Crippen LogP contribution in [0.2, 0.25) is 5.15 Å². The first kappa shape index (κ1) is 10.1. The number of hydrogen-bond donors (Lipinski definition) is 1. The normalized spacial score (nSPS) is 10.7. The van der Waals surface area contributed by atoms with Gasteiger partial charge in [0, 0.05) is 5.56 Å². The Balaban J connectivity index is 1.96. The second-order valence-corrected chi connectivity index (χ2v) is 3.84. The molecular weight excluding hydrogens is 232 g/mol. The average molecular weight is 239 g/mol. The van der Waals surface area contributed by atoms with Crippen molar-refractivity contribution >= 4 is 35.0 Å². The van der Waals surface area contributed by atoms with Crippen LogP contribution < -0.4 is 5.43 Å². The molecule has 0 unspecified atom stereocenters. The molecule has 0 radical (unpaired) electrons. The van der Waals surface area contributed by atoms with Gasteiger partial charge in [0.15, 0.2) is 11.0 Å². The van der Waals surface area contributed by atoms with Gasteiger partial charge in [-0.05, 0) is 29.0 Å². The molecule has 0 saturated carbocycles. The van der Waals surface area contributed by atoms with Crippen LogP contribution in [0.3, 0.4) is 0 Å². The molecule has 2 aromatic heterocycles. The summed E-state index contributed by atoms with van der Waals surface area (Å²) in [6.07, 6.45) is 1.72. The largest absolute Gasteiger partial charge is 0.260 e. The molecule has 0 amide bonds. The molecule has 0 bridgehead atoms. The fraction of sp³-hybridized carbons (Fsp3) is 0. The summed E-state index contributed by atoms with van der Waals surface area (Å²) in [4.78, 5) is 0. The molecule has 6 heteroatoms. The van der Waals surface area contributed by atoms with Gasteiger partial charge < -0.3 is 0 Å². The molecule has 0 aliphatic carbocycles. The molecule has 0 saturated heterocycles. The molecule has 0 aliphatic rings. The van der Waals surface area contributed by atoms with E-state index < -0.39 is 0 Å². The summed E-state index contributed by atoms with van der Waals surface area (Å²) >= 11 is 7.21. The Morgan fingerprint density at radius 1 is 1.33 bits per heavy atom. The molecule has 0 atom stereocenters. The lowest BCUT2D eigenvalue weighted by Crippen LogP contribution is -1.94. The molecule has 4 nitrogen and oxygen atoms in total. The Bertz CT molecular complexity index is 438. The first-order chi connectivity index (χ1) is 7.34. The molecular formula is C9H7ClN4S. The van der Waals surface area contributed by atoms with Crippen LogP contribution in [0.1, 0.15) is 5.56 Å². The number of anilines is 1. The van der Waals surface area contributed by atoms with Gasteiger partial charge in [-0.2, -0.15) is 16.4 Å². The van der Waals surface area contributed by atoms with Crippen LogP contribution in [0.25, 0.3) is 0 Å². The van der Waals surface area contributed by atoms with Crippen molar-refractivity contribution in [2.24, 2.45) is 5.10 Å². The molecule has 1 N–H and O–H groups in total. The second kappa shape index (κ2) is 4.86. The van der Waals surface area contributed by atoms with E-state index in [9.17, 15) is 0 Å². The number of halogens is 1. The van der Waals surface area contributed by atoms with Crippen LogP contribution in [0.5, 0.6) is 0 Å². The van der Waals surface area contributed by atoms with Crippen molar-refractivity contribution in [3.63, 3.8) is 0 Å². The van der Waals surface area contributed by atoms with Gasteiger partial charge >= 0.3 is 0 Å². The predicted octanol–water partition coefficient (Wildman–Crippen LogP) is 2.64. The molecule has 0 spiro atoms. The fourth-order valence-electron chi connectivity index (χ4n) is 0.897. The molecule has 76 valence electrons. The van der Waals surface area contributed by atoms with E-state index in [4.69, 9.17) is 11.6 Å². The molecule has 0 aromatic carbocycles. The van der Waals surface area contributed by atoms with Crippen molar-refractivity contribution in [1.82, 2.24) is 10.2 Å². The lowest BCUT2D eigenvalue weighted by molar-refractivity contribution is 1.02. The summed E-state index contributed by atoms with van der Waals surface area (Å²) in [6, 6.07) is 5.33. The van der Waals surface area contributed by atoms with Gasteiger partial charge in [-0.15, -0.1) is 10.2 Å². The maximum absolute atomic E-state index is 5.59. The van der Waals surface area contributed by atoms with Gasteiger partial charge in [0.2, 0.25) is 0 Å². The second-order valence-electron chi connectivity index (χ2n) is 2.67. The van der Waals surface area contributed by atoms with E-state index in [1.807, 2.05) is 16.8 Å². The Labute approximate surface area is 95.6 Å². The highest BCUT2D eigenvalue weighted by Gasteiger charge is 1.92. The monoisotopic (exact) mass is 238 g/mol. The van der Waals surface area contributed by atoms with Crippen molar-refractivity contribution in [1.29, 1.82) is 0 Å². The summed E-state index contributed by atoms with van der Waals surface area (Å²) in [5.74, 6) is 0.561. The van der Waals surface area contributed by atoms with Crippen LogP contribution in [-0.4, -0.2) is 16.4 Å². The van der Waals surface area contributed by atoms with E-state index in [1.165, 1.54) is 0 Å². The van der Waals surface area contributed by atoms with E-state index in [1.54, 1.807) is 29.7 Å².